The molecule has 0 saturated carbocycles. The van der Waals surface area contributed by atoms with Crippen LogP contribution < -0.4 is 5.09 Å². The zero-order valence-electron chi connectivity index (χ0n) is 5.13. The van der Waals surface area contributed by atoms with Gasteiger partial charge in [-0.05, 0) is 0 Å². The molecule has 0 amide bonds. The van der Waals surface area contributed by atoms with E-state index in [4.69, 9.17) is 5.11 Å². The van der Waals surface area contributed by atoms with Crippen molar-refractivity contribution in [2.24, 2.45) is 0 Å². The van der Waals surface area contributed by atoms with Crippen LogP contribution >= 0.6 is 9.39 Å². The van der Waals surface area contributed by atoms with Gasteiger partial charge in [-0.25, -0.2) is 0 Å². The van der Waals surface area contributed by atoms with Crippen molar-refractivity contribution in [3.05, 3.63) is 0 Å². The van der Waals surface area contributed by atoms with E-state index in [1.165, 1.54) is 7.11 Å². The molecule has 0 aliphatic carbocycles. The van der Waals surface area contributed by atoms with Crippen LogP contribution in [0.2, 0.25) is 0 Å². The van der Waals surface area contributed by atoms with Gasteiger partial charge in [0.25, 0.3) is 0 Å². The molecule has 0 radical (unpaired) electrons. The van der Waals surface area contributed by atoms with Crippen LogP contribution in [0.1, 0.15) is 0 Å². The Morgan fingerprint density at radius 1 is 2.00 bits per heavy atom. The van der Waals surface area contributed by atoms with E-state index in [2.05, 4.69) is 19.2 Å². The molecule has 0 aliphatic rings. The lowest BCUT2D eigenvalue weighted by atomic mass is 10.3. The van der Waals surface area contributed by atoms with Crippen LogP contribution in [0.3, 0.4) is 0 Å². The van der Waals surface area contributed by atoms with Gasteiger partial charge in [0.1, 0.15) is 6.04 Å². The predicted molar refractivity (Wildman–Crippen MR) is 35.7 cm³/mol. The third-order valence-electron chi connectivity index (χ3n) is 0.869. The molecule has 54 valence electrons. The van der Waals surface area contributed by atoms with Crippen LogP contribution in [0, 0.1) is 0 Å². The van der Waals surface area contributed by atoms with E-state index < -0.39 is 12.0 Å². The number of aliphatic hydroxyl groups is 1. The molecule has 0 aromatic rings. The Labute approximate surface area is 55.8 Å². The maximum atomic E-state index is 10.5. The fraction of sp³-hybridized carbons (Fsp3) is 0.750. The number of aliphatic hydroxyl groups excluding tert-OH is 1. The summed E-state index contributed by atoms with van der Waals surface area (Å²) < 4.78 is 4.32. The highest BCUT2D eigenvalue weighted by Crippen LogP contribution is 1.87. The number of methoxy groups -OCH3 is 1. The van der Waals surface area contributed by atoms with Crippen molar-refractivity contribution < 1.29 is 14.6 Å². The van der Waals surface area contributed by atoms with Crippen LogP contribution in [0.15, 0.2) is 0 Å². The molecule has 4 nitrogen and oxygen atoms in total. The zero-order chi connectivity index (χ0) is 7.28. The molecule has 0 fully saturated rings. The van der Waals surface area contributed by atoms with E-state index in [9.17, 15) is 4.79 Å². The van der Waals surface area contributed by atoms with Crippen molar-refractivity contribution in [3.63, 3.8) is 0 Å². The fourth-order valence-electron chi connectivity index (χ4n) is 0.338. The highest BCUT2D eigenvalue weighted by atomic mass is 31.0. The lowest BCUT2D eigenvalue weighted by Crippen LogP contribution is -2.34. The van der Waals surface area contributed by atoms with Crippen molar-refractivity contribution in [2.45, 2.75) is 6.04 Å². The number of ether oxygens (including phenoxy) is 1. The smallest absolute Gasteiger partial charge is 0.325 e. The van der Waals surface area contributed by atoms with Gasteiger partial charge in [0.05, 0.1) is 13.7 Å². The summed E-state index contributed by atoms with van der Waals surface area (Å²) in [5.74, 6) is -0.465. The average Bonchev–Trinajstić information content (AvgIpc) is 1.90. The van der Waals surface area contributed by atoms with E-state index in [0.717, 1.165) is 0 Å². The maximum absolute atomic E-state index is 10.5. The third-order valence-corrected chi connectivity index (χ3v) is 1.27. The second kappa shape index (κ2) is 4.68. The molecule has 0 heterocycles. The molecule has 0 saturated heterocycles. The largest absolute Gasteiger partial charge is 0.468 e. The van der Waals surface area contributed by atoms with Crippen molar-refractivity contribution in [1.82, 2.24) is 5.09 Å². The summed E-state index contributed by atoms with van der Waals surface area (Å²) in [6.45, 7) is -0.254. The van der Waals surface area contributed by atoms with E-state index in [0.29, 0.717) is 0 Å². The topological polar surface area (TPSA) is 58.6 Å². The molecule has 2 atom stereocenters. The van der Waals surface area contributed by atoms with Gasteiger partial charge < -0.3 is 9.84 Å². The van der Waals surface area contributed by atoms with Gasteiger partial charge in [0.2, 0.25) is 0 Å². The Hall–Kier alpha value is -0.180. The number of nitrogens with one attached hydrogen (secondary N) is 1. The van der Waals surface area contributed by atoms with Gasteiger partial charge in [-0.2, -0.15) is 0 Å². The molecule has 0 rings (SSSR count). The normalized spacial score (nSPS) is 12.8. The maximum Gasteiger partial charge on any atom is 0.325 e. The number of carbonyl (C=O) groups excluding carboxylic acids is 1. The van der Waals surface area contributed by atoms with Gasteiger partial charge in [0.15, 0.2) is 0 Å². The Kier molecular flexibility index (Phi) is 4.58. The molecule has 9 heavy (non-hydrogen) atoms. The van der Waals surface area contributed by atoms with Gasteiger partial charge in [-0.15, -0.1) is 0 Å². The Bertz CT molecular complexity index is 93.8. The van der Waals surface area contributed by atoms with E-state index in [1.807, 2.05) is 0 Å². The van der Waals surface area contributed by atoms with E-state index in [1.54, 1.807) is 0 Å². The molecule has 5 heteroatoms. The minimum Gasteiger partial charge on any atom is -0.468 e. The minimum absolute atomic E-state index is 0.254. The monoisotopic (exact) mass is 151 g/mol. The summed E-state index contributed by atoms with van der Waals surface area (Å²) in [5.41, 5.74) is 0. The van der Waals surface area contributed by atoms with Gasteiger partial charge in [0, 0.05) is 0 Å². The van der Waals surface area contributed by atoms with Gasteiger partial charge in [-0.3, -0.25) is 9.88 Å². The summed E-state index contributed by atoms with van der Waals surface area (Å²) in [6.07, 6.45) is 0. The molecule has 0 aromatic carbocycles. The Balaban J connectivity index is 3.64. The van der Waals surface area contributed by atoms with E-state index in [-0.39, 0.29) is 6.61 Å². The summed E-state index contributed by atoms with van der Waals surface area (Å²) in [4.78, 5) is 10.5. The molecule has 0 aromatic heterocycles. The third kappa shape index (κ3) is 2.75. The summed E-state index contributed by atoms with van der Waals surface area (Å²) >= 11 is 0. The second-order valence-corrected chi connectivity index (χ2v) is 1.76. The summed E-state index contributed by atoms with van der Waals surface area (Å²) in [5, 5.41) is 10.9. The molecule has 0 spiro atoms. The predicted octanol–water partition coefficient (Wildman–Crippen LogP) is -1.10. The number of carbonyl (C=O) groups is 1. The number of esters is 1. The quantitative estimate of drug-likeness (QED) is 0.397. The van der Waals surface area contributed by atoms with Crippen molar-refractivity contribution >= 4 is 15.4 Å². The lowest BCUT2D eigenvalue weighted by Gasteiger charge is -2.08. The number of hydrogen-bond acceptors (Lipinski definition) is 4. The summed E-state index contributed by atoms with van der Waals surface area (Å²) in [6, 6.07) is -0.625. The van der Waals surface area contributed by atoms with Crippen molar-refractivity contribution in [1.29, 1.82) is 0 Å². The zero-order valence-corrected chi connectivity index (χ0v) is 6.28. The Morgan fingerprint density at radius 3 is 2.67 bits per heavy atom. The molecule has 2 N–H and O–H groups in total. The molecular weight excluding hydrogens is 141 g/mol. The van der Waals surface area contributed by atoms with Crippen LogP contribution in [0.5, 0.6) is 0 Å². The summed E-state index contributed by atoms with van der Waals surface area (Å²) in [7, 11) is 3.40. The highest BCUT2D eigenvalue weighted by molar-refractivity contribution is 7.13. The fourth-order valence-corrected chi connectivity index (χ4v) is 0.579. The van der Waals surface area contributed by atoms with Crippen LogP contribution in [-0.4, -0.2) is 30.8 Å². The van der Waals surface area contributed by atoms with Gasteiger partial charge in [-0.1, -0.05) is 9.39 Å². The second-order valence-electron chi connectivity index (χ2n) is 1.42. The molecule has 0 bridgehead atoms. The number of hydrogen-bond donors (Lipinski definition) is 2. The van der Waals surface area contributed by atoms with Crippen LogP contribution in [0.25, 0.3) is 0 Å². The van der Waals surface area contributed by atoms with Crippen molar-refractivity contribution in [3.8, 4) is 0 Å². The Morgan fingerprint density at radius 2 is 2.56 bits per heavy atom. The standard InChI is InChI=1S/C4H10NO3P/c1-8-4(7)3(2-6)5-9/h3,5-6H,2,9H2,1H3. The SMILES string of the molecule is COC(=O)C(CO)NP. The molecule has 2 unspecified atom stereocenters. The molecular formula is C4H10NO3P. The highest BCUT2D eigenvalue weighted by Gasteiger charge is 2.14. The minimum atomic E-state index is -0.625. The van der Waals surface area contributed by atoms with Crippen LogP contribution in [0.4, 0.5) is 0 Å². The first-order chi connectivity index (χ1) is 4.26. The van der Waals surface area contributed by atoms with E-state index >= 15 is 0 Å². The lowest BCUT2D eigenvalue weighted by molar-refractivity contribution is -0.143. The first-order valence-corrected chi connectivity index (χ1v) is 2.98. The number of rotatable bonds is 3. The average molecular weight is 151 g/mol. The van der Waals surface area contributed by atoms with Crippen LogP contribution in [-0.2, 0) is 9.53 Å². The molecule has 0 aliphatic heterocycles. The first kappa shape index (κ1) is 8.82. The van der Waals surface area contributed by atoms with Gasteiger partial charge >= 0.3 is 5.97 Å². The first-order valence-electron chi connectivity index (χ1n) is 2.41. The van der Waals surface area contributed by atoms with Crippen molar-refractivity contribution in [2.75, 3.05) is 13.7 Å².